The Morgan fingerprint density at radius 2 is 2.11 bits per heavy atom. The van der Waals surface area contributed by atoms with Gasteiger partial charge in [-0.3, -0.25) is 4.79 Å². The van der Waals surface area contributed by atoms with Gasteiger partial charge in [-0.2, -0.15) is 11.8 Å². The molecule has 1 heterocycles. The van der Waals surface area contributed by atoms with Crippen LogP contribution in [0.25, 0.3) is 0 Å². The fraction of sp³-hybridized carbons (Fsp3) is 0.533. The van der Waals surface area contributed by atoms with Gasteiger partial charge in [-0.1, -0.05) is 13.3 Å². The average Bonchev–Trinajstić information content (AvgIpc) is 2.65. The second-order valence-electron chi connectivity index (χ2n) is 4.83. The summed E-state index contributed by atoms with van der Waals surface area (Å²) < 4.78 is 1.17. The summed E-state index contributed by atoms with van der Waals surface area (Å²) in [6.07, 6.45) is 3.62. The van der Waals surface area contributed by atoms with Crippen molar-refractivity contribution in [1.29, 1.82) is 0 Å². The van der Waals surface area contributed by atoms with Gasteiger partial charge in [0.05, 0.1) is 0 Å². The smallest absolute Gasteiger partial charge is 0.253 e. The van der Waals surface area contributed by atoms with Gasteiger partial charge < -0.3 is 4.90 Å². The molecule has 0 radical (unpaired) electrons. The number of hydrogen-bond donors (Lipinski definition) is 0. The molecule has 0 spiro atoms. The summed E-state index contributed by atoms with van der Waals surface area (Å²) in [5, 5.41) is 0.611. The molecular weight excluding hydrogens is 369 g/mol. The number of hydrogen-bond acceptors (Lipinski definition) is 2. The molecule has 1 fully saturated rings. The van der Waals surface area contributed by atoms with Gasteiger partial charge in [0.1, 0.15) is 0 Å². The van der Waals surface area contributed by atoms with Crippen molar-refractivity contribution in [3.05, 3.63) is 33.4 Å². The Bertz CT molecular complexity index is 421. The molecule has 19 heavy (non-hydrogen) atoms. The molecule has 0 aromatic heterocycles. The zero-order chi connectivity index (χ0) is 13.7. The van der Waals surface area contributed by atoms with Gasteiger partial charge in [0.25, 0.3) is 5.91 Å². The zero-order valence-electron chi connectivity index (χ0n) is 11.3. The summed E-state index contributed by atoms with van der Waals surface area (Å²) in [7, 11) is 0. The summed E-state index contributed by atoms with van der Waals surface area (Å²) >= 11 is 4.26. The van der Waals surface area contributed by atoms with E-state index in [2.05, 4.69) is 29.5 Å². The van der Waals surface area contributed by atoms with Crippen LogP contribution in [0.1, 0.15) is 36.5 Å². The van der Waals surface area contributed by atoms with E-state index in [0.29, 0.717) is 5.25 Å². The Balaban J connectivity index is 2.06. The van der Waals surface area contributed by atoms with Crippen LogP contribution >= 0.6 is 34.4 Å². The van der Waals surface area contributed by atoms with Crippen molar-refractivity contribution in [3.63, 3.8) is 0 Å². The van der Waals surface area contributed by atoms with Crippen LogP contribution in [0.4, 0.5) is 0 Å². The summed E-state index contributed by atoms with van der Waals surface area (Å²) in [6.45, 7) is 4.01. The number of amides is 1. The highest BCUT2D eigenvalue weighted by atomic mass is 127. The van der Waals surface area contributed by atoms with E-state index in [4.69, 9.17) is 0 Å². The number of benzene rings is 1. The van der Waals surface area contributed by atoms with Gasteiger partial charge >= 0.3 is 0 Å². The van der Waals surface area contributed by atoms with Crippen LogP contribution in [0, 0.1) is 3.57 Å². The van der Waals surface area contributed by atoms with Crippen LogP contribution in [0.3, 0.4) is 0 Å². The second-order valence-corrected chi connectivity index (χ2v) is 7.65. The Kier molecular flexibility index (Phi) is 6.01. The van der Waals surface area contributed by atoms with Gasteiger partial charge in [0.15, 0.2) is 0 Å². The fourth-order valence-corrected chi connectivity index (χ4v) is 3.88. The number of carbonyl (C=O) groups excluding carboxylic acids is 1. The van der Waals surface area contributed by atoms with Crippen LogP contribution in [0.2, 0.25) is 0 Å². The molecule has 2 nitrogen and oxygen atoms in total. The molecule has 1 aliphatic heterocycles. The highest BCUT2D eigenvalue weighted by molar-refractivity contribution is 14.1. The molecule has 1 aliphatic rings. The lowest BCUT2D eigenvalue weighted by atomic mass is 10.2. The largest absolute Gasteiger partial charge is 0.338 e. The van der Waals surface area contributed by atoms with Gasteiger partial charge in [0.2, 0.25) is 0 Å². The third kappa shape index (κ3) is 4.38. The van der Waals surface area contributed by atoms with Crippen LogP contribution in [0.15, 0.2) is 24.3 Å². The van der Waals surface area contributed by atoms with Crippen molar-refractivity contribution in [2.45, 2.75) is 31.4 Å². The summed E-state index contributed by atoms with van der Waals surface area (Å²) in [5.41, 5.74) is 0.822. The first kappa shape index (κ1) is 15.2. The second kappa shape index (κ2) is 7.53. The van der Waals surface area contributed by atoms with Crippen molar-refractivity contribution in [2.75, 3.05) is 18.8 Å². The molecule has 1 atom stereocenters. The fourth-order valence-electron chi connectivity index (χ4n) is 2.43. The van der Waals surface area contributed by atoms with E-state index < -0.39 is 0 Å². The minimum absolute atomic E-state index is 0.194. The molecule has 0 saturated carbocycles. The maximum Gasteiger partial charge on any atom is 0.253 e. The van der Waals surface area contributed by atoms with E-state index in [1.165, 1.54) is 16.4 Å². The van der Waals surface area contributed by atoms with Crippen LogP contribution in [0.5, 0.6) is 0 Å². The number of carbonyl (C=O) groups is 1. The molecule has 0 aliphatic carbocycles. The summed E-state index contributed by atoms with van der Waals surface area (Å²) in [6, 6.07) is 7.89. The van der Waals surface area contributed by atoms with E-state index in [1.807, 2.05) is 40.9 Å². The first-order valence-electron chi connectivity index (χ1n) is 6.87. The number of thioether (sulfide) groups is 1. The van der Waals surface area contributed by atoms with Gasteiger partial charge in [-0.25, -0.2) is 0 Å². The molecule has 1 saturated heterocycles. The number of likely N-dealkylation sites (tertiary alicyclic amines) is 1. The average molecular weight is 389 g/mol. The molecule has 0 N–H and O–H groups in total. The van der Waals surface area contributed by atoms with E-state index in [-0.39, 0.29) is 5.91 Å². The first-order chi connectivity index (χ1) is 9.20. The molecule has 1 aromatic rings. The number of halogens is 1. The van der Waals surface area contributed by atoms with E-state index in [9.17, 15) is 4.79 Å². The monoisotopic (exact) mass is 389 g/mol. The minimum Gasteiger partial charge on any atom is -0.338 e. The van der Waals surface area contributed by atoms with Gasteiger partial charge in [-0.15, -0.1) is 0 Å². The predicted octanol–water partition coefficient (Wildman–Crippen LogP) is 4.04. The lowest BCUT2D eigenvalue weighted by Gasteiger charge is -2.24. The van der Waals surface area contributed by atoms with Crippen LogP contribution < -0.4 is 0 Å². The van der Waals surface area contributed by atoms with Crippen molar-refractivity contribution in [3.8, 4) is 0 Å². The molecular formula is C15H20INOS. The molecule has 1 amide bonds. The summed E-state index contributed by atoms with van der Waals surface area (Å²) in [4.78, 5) is 14.6. The molecule has 1 aromatic carbocycles. The van der Waals surface area contributed by atoms with E-state index >= 15 is 0 Å². The Morgan fingerprint density at radius 1 is 1.37 bits per heavy atom. The normalized spacial score (nSPS) is 20.1. The Hall–Kier alpha value is -0.230. The topological polar surface area (TPSA) is 20.3 Å². The standard InChI is InChI=1S/C15H20INOS/c1-2-19-14-5-3-4-10-17(11-14)15(18)12-6-8-13(16)9-7-12/h6-9,14H,2-5,10-11H2,1H3. The molecule has 2 rings (SSSR count). The number of nitrogens with zero attached hydrogens (tertiary/aromatic N) is 1. The van der Waals surface area contributed by atoms with E-state index in [0.717, 1.165) is 30.8 Å². The SMILES string of the molecule is CCSC1CCCCN(C(=O)c2ccc(I)cc2)C1. The third-order valence-corrected chi connectivity index (χ3v) is 5.32. The Morgan fingerprint density at radius 3 is 2.79 bits per heavy atom. The molecule has 0 bridgehead atoms. The van der Waals surface area contributed by atoms with Crippen LogP contribution in [-0.4, -0.2) is 34.9 Å². The zero-order valence-corrected chi connectivity index (χ0v) is 14.2. The van der Waals surface area contributed by atoms with Crippen molar-refractivity contribution in [2.24, 2.45) is 0 Å². The molecule has 1 unspecified atom stereocenters. The highest BCUT2D eigenvalue weighted by Crippen LogP contribution is 2.23. The van der Waals surface area contributed by atoms with E-state index in [1.54, 1.807) is 0 Å². The molecule has 4 heteroatoms. The third-order valence-electron chi connectivity index (χ3n) is 3.41. The van der Waals surface area contributed by atoms with Crippen molar-refractivity contribution in [1.82, 2.24) is 4.90 Å². The maximum atomic E-state index is 12.5. The first-order valence-corrected chi connectivity index (χ1v) is 9.00. The van der Waals surface area contributed by atoms with Crippen LogP contribution in [-0.2, 0) is 0 Å². The highest BCUT2D eigenvalue weighted by Gasteiger charge is 2.22. The van der Waals surface area contributed by atoms with Gasteiger partial charge in [0, 0.05) is 27.5 Å². The Labute approximate surface area is 133 Å². The summed E-state index contributed by atoms with van der Waals surface area (Å²) in [5.74, 6) is 1.33. The molecule has 104 valence electrons. The predicted molar refractivity (Wildman–Crippen MR) is 90.8 cm³/mol. The maximum absolute atomic E-state index is 12.5. The van der Waals surface area contributed by atoms with Gasteiger partial charge in [-0.05, 0) is 65.5 Å². The van der Waals surface area contributed by atoms with Crippen molar-refractivity contribution < 1.29 is 4.79 Å². The lowest BCUT2D eigenvalue weighted by Crippen LogP contribution is -2.35. The lowest BCUT2D eigenvalue weighted by molar-refractivity contribution is 0.0763. The van der Waals surface area contributed by atoms with Crippen molar-refractivity contribution >= 4 is 40.3 Å². The minimum atomic E-state index is 0.194. The quantitative estimate of drug-likeness (QED) is 0.728. The number of rotatable bonds is 3.